The average Bonchev–Trinajstić information content (AvgIpc) is 2.44. The highest BCUT2D eigenvalue weighted by Gasteiger charge is 2.23. The minimum Gasteiger partial charge on any atom is -0.497 e. The number of carbonyl (C=O) groups is 1. The van der Waals surface area contributed by atoms with Gasteiger partial charge in [0.1, 0.15) is 5.75 Å². The van der Waals surface area contributed by atoms with Crippen molar-refractivity contribution in [3.63, 3.8) is 0 Å². The van der Waals surface area contributed by atoms with Crippen molar-refractivity contribution in [1.82, 2.24) is 0 Å². The summed E-state index contributed by atoms with van der Waals surface area (Å²) in [5, 5.41) is 9.09. The van der Waals surface area contributed by atoms with Gasteiger partial charge in [0.05, 0.1) is 19.3 Å². The van der Waals surface area contributed by atoms with Gasteiger partial charge in [-0.05, 0) is 36.0 Å². The molecule has 0 aliphatic carbocycles. The smallest absolute Gasteiger partial charge is 0.338 e. The Hall–Kier alpha value is -1.55. The molecule has 0 aromatic heterocycles. The second-order valence-corrected chi connectivity index (χ2v) is 5.96. The van der Waals surface area contributed by atoms with Crippen molar-refractivity contribution in [1.29, 1.82) is 0 Å². The van der Waals surface area contributed by atoms with Crippen molar-refractivity contribution in [3.05, 3.63) is 29.8 Å². The molecule has 0 amide bonds. The zero-order valence-electron chi connectivity index (χ0n) is 12.7. The van der Waals surface area contributed by atoms with Gasteiger partial charge in [-0.3, -0.25) is 0 Å². The molecule has 4 heteroatoms. The second kappa shape index (κ2) is 7.29. The molecule has 20 heavy (non-hydrogen) atoms. The zero-order valence-corrected chi connectivity index (χ0v) is 12.7. The molecule has 1 aromatic carbocycles. The van der Waals surface area contributed by atoms with Gasteiger partial charge >= 0.3 is 5.97 Å². The van der Waals surface area contributed by atoms with E-state index in [1.807, 2.05) is 20.8 Å². The number of carbonyl (C=O) groups excluding carboxylic acids is 1. The van der Waals surface area contributed by atoms with Gasteiger partial charge in [0.2, 0.25) is 0 Å². The molecule has 0 saturated carbocycles. The first-order valence-electron chi connectivity index (χ1n) is 6.80. The Balaban J connectivity index is 2.58. The normalized spacial score (nSPS) is 12.8. The van der Waals surface area contributed by atoms with Gasteiger partial charge in [0.15, 0.2) is 0 Å². The van der Waals surface area contributed by atoms with Crippen LogP contribution in [0.4, 0.5) is 0 Å². The Kier molecular flexibility index (Phi) is 6.02. The zero-order chi connectivity index (χ0) is 15.2. The number of ether oxygens (including phenoxy) is 2. The number of benzene rings is 1. The van der Waals surface area contributed by atoms with Crippen molar-refractivity contribution in [2.24, 2.45) is 11.3 Å². The fourth-order valence-corrected chi connectivity index (χ4v) is 2.16. The van der Waals surface area contributed by atoms with E-state index in [2.05, 4.69) is 0 Å². The lowest BCUT2D eigenvalue weighted by Gasteiger charge is -2.26. The van der Waals surface area contributed by atoms with E-state index >= 15 is 0 Å². The summed E-state index contributed by atoms with van der Waals surface area (Å²) < 4.78 is 10.4. The molecule has 0 aliphatic heterocycles. The van der Waals surface area contributed by atoms with E-state index in [9.17, 15) is 4.79 Å². The average molecular weight is 280 g/mol. The van der Waals surface area contributed by atoms with Crippen LogP contribution >= 0.6 is 0 Å². The van der Waals surface area contributed by atoms with E-state index in [0.29, 0.717) is 17.9 Å². The van der Waals surface area contributed by atoms with Gasteiger partial charge < -0.3 is 14.6 Å². The van der Waals surface area contributed by atoms with Crippen LogP contribution in [0.2, 0.25) is 0 Å². The summed E-state index contributed by atoms with van der Waals surface area (Å²) in [6.07, 6.45) is 0.800. The molecule has 1 rings (SSSR count). The number of methoxy groups -OCH3 is 1. The SMILES string of the molecule is COc1cccc(C(=O)OCC(C)(C)CC(C)CO)c1. The number of hydrogen-bond acceptors (Lipinski definition) is 4. The summed E-state index contributed by atoms with van der Waals surface area (Å²) in [5.41, 5.74) is 0.326. The van der Waals surface area contributed by atoms with Crippen LogP contribution in [0.15, 0.2) is 24.3 Å². The molecule has 0 bridgehead atoms. The lowest BCUT2D eigenvalue weighted by atomic mass is 9.84. The Morgan fingerprint density at radius 1 is 1.40 bits per heavy atom. The topological polar surface area (TPSA) is 55.8 Å². The third-order valence-corrected chi connectivity index (χ3v) is 3.11. The van der Waals surface area contributed by atoms with E-state index in [-0.39, 0.29) is 23.9 Å². The highest BCUT2D eigenvalue weighted by molar-refractivity contribution is 5.89. The van der Waals surface area contributed by atoms with Crippen molar-refractivity contribution in [2.75, 3.05) is 20.3 Å². The predicted octanol–water partition coefficient (Wildman–Crippen LogP) is 2.90. The Morgan fingerprint density at radius 2 is 2.10 bits per heavy atom. The molecule has 0 radical (unpaired) electrons. The fraction of sp³-hybridized carbons (Fsp3) is 0.562. The molecule has 1 aromatic rings. The van der Waals surface area contributed by atoms with Gasteiger partial charge in [0.25, 0.3) is 0 Å². The summed E-state index contributed by atoms with van der Waals surface area (Å²) in [6, 6.07) is 6.90. The fourth-order valence-electron chi connectivity index (χ4n) is 2.16. The molecule has 1 unspecified atom stereocenters. The maximum atomic E-state index is 12.0. The van der Waals surface area contributed by atoms with Crippen LogP contribution in [-0.2, 0) is 4.74 Å². The molecule has 0 heterocycles. The van der Waals surface area contributed by atoms with E-state index in [1.165, 1.54) is 0 Å². The van der Waals surface area contributed by atoms with Crippen molar-refractivity contribution >= 4 is 5.97 Å². The van der Waals surface area contributed by atoms with E-state index in [0.717, 1.165) is 6.42 Å². The molecule has 0 aliphatic rings. The van der Waals surface area contributed by atoms with Crippen LogP contribution in [0.3, 0.4) is 0 Å². The first kappa shape index (κ1) is 16.5. The monoisotopic (exact) mass is 280 g/mol. The first-order valence-corrected chi connectivity index (χ1v) is 6.80. The van der Waals surface area contributed by atoms with Crippen LogP contribution in [0.5, 0.6) is 5.75 Å². The first-order chi connectivity index (χ1) is 9.38. The van der Waals surface area contributed by atoms with Crippen LogP contribution in [-0.4, -0.2) is 31.4 Å². The van der Waals surface area contributed by atoms with Crippen LogP contribution in [0.1, 0.15) is 37.6 Å². The number of hydrogen-bond donors (Lipinski definition) is 1. The third kappa shape index (κ3) is 5.21. The molecule has 112 valence electrons. The van der Waals surface area contributed by atoms with Gasteiger partial charge in [-0.2, -0.15) is 0 Å². The van der Waals surface area contributed by atoms with E-state index in [1.54, 1.807) is 31.4 Å². The Labute approximate surface area is 120 Å². The molecular formula is C16H24O4. The number of esters is 1. The molecule has 0 saturated heterocycles. The van der Waals surface area contributed by atoms with Crippen molar-refractivity contribution in [2.45, 2.75) is 27.2 Å². The quantitative estimate of drug-likeness (QED) is 0.780. The molecule has 4 nitrogen and oxygen atoms in total. The van der Waals surface area contributed by atoms with E-state index < -0.39 is 0 Å². The van der Waals surface area contributed by atoms with Crippen LogP contribution in [0, 0.1) is 11.3 Å². The lowest BCUT2D eigenvalue weighted by molar-refractivity contribution is 0.0283. The van der Waals surface area contributed by atoms with Gasteiger partial charge in [-0.15, -0.1) is 0 Å². The van der Waals surface area contributed by atoms with E-state index in [4.69, 9.17) is 14.6 Å². The minimum atomic E-state index is -0.353. The molecule has 1 N–H and O–H groups in total. The summed E-state index contributed by atoms with van der Waals surface area (Å²) in [7, 11) is 1.56. The van der Waals surface area contributed by atoms with Crippen LogP contribution < -0.4 is 4.74 Å². The van der Waals surface area contributed by atoms with Gasteiger partial charge in [-0.25, -0.2) is 4.79 Å². The maximum Gasteiger partial charge on any atom is 0.338 e. The minimum absolute atomic E-state index is 0.146. The molecule has 0 fully saturated rings. The standard InChI is InChI=1S/C16H24O4/c1-12(10-17)9-16(2,3)11-20-15(18)13-6-5-7-14(8-13)19-4/h5-8,12,17H,9-11H2,1-4H3. The van der Waals surface area contributed by atoms with Crippen LogP contribution in [0.25, 0.3) is 0 Å². The van der Waals surface area contributed by atoms with Crippen molar-refractivity contribution in [3.8, 4) is 5.75 Å². The maximum absolute atomic E-state index is 12.0. The second-order valence-electron chi connectivity index (χ2n) is 5.96. The Morgan fingerprint density at radius 3 is 2.70 bits per heavy atom. The Bertz CT molecular complexity index is 440. The highest BCUT2D eigenvalue weighted by Crippen LogP contribution is 2.26. The summed E-state index contributed by atoms with van der Waals surface area (Å²) in [4.78, 5) is 12.0. The number of aliphatic hydroxyl groups excluding tert-OH is 1. The summed E-state index contributed by atoms with van der Waals surface area (Å²) in [6.45, 7) is 6.50. The third-order valence-electron chi connectivity index (χ3n) is 3.11. The molecular weight excluding hydrogens is 256 g/mol. The van der Waals surface area contributed by atoms with Crippen molar-refractivity contribution < 1.29 is 19.4 Å². The van der Waals surface area contributed by atoms with Gasteiger partial charge in [0, 0.05) is 6.61 Å². The summed E-state index contributed by atoms with van der Waals surface area (Å²) in [5.74, 6) is 0.474. The molecule has 0 spiro atoms. The summed E-state index contributed by atoms with van der Waals surface area (Å²) >= 11 is 0. The lowest BCUT2D eigenvalue weighted by Crippen LogP contribution is -2.25. The predicted molar refractivity (Wildman–Crippen MR) is 77.9 cm³/mol. The largest absolute Gasteiger partial charge is 0.497 e. The molecule has 1 atom stereocenters. The highest BCUT2D eigenvalue weighted by atomic mass is 16.5. The van der Waals surface area contributed by atoms with Gasteiger partial charge in [-0.1, -0.05) is 26.8 Å². The number of aliphatic hydroxyl groups is 1. The number of rotatable bonds is 7.